The molecule has 0 aromatic rings. The molecule has 2 atom stereocenters. The molecule has 1 N–H and O–H groups in total. The van der Waals surface area contributed by atoms with Gasteiger partial charge in [0.15, 0.2) is 0 Å². The van der Waals surface area contributed by atoms with E-state index in [-0.39, 0.29) is 5.91 Å². The summed E-state index contributed by atoms with van der Waals surface area (Å²) in [5.74, 6) is 0.385. The molecule has 0 aliphatic carbocycles. The number of amides is 1. The number of hydrogen-bond acceptors (Lipinski definition) is 2. The summed E-state index contributed by atoms with van der Waals surface area (Å²) in [7, 11) is 1.66. The largest absolute Gasteiger partial charge is 0.378 e. The highest BCUT2D eigenvalue weighted by atomic mass is 16.5. The Morgan fingerprint density at radius 3 is 2.87 bits per heavy atom. The fraction of sp³-hybridized carbons (Fsp3) is 0.750. The van der Waals surface area contributed by atoms with Gasteiger partial charge in [-0.1, -0.05) is 13.0 Å². The predicted octanol–water partition coefficient (Wildman–Crippen LogP) is 1.88. The van der Waals surface area contributed by atoms with Gasteiger partial charge in [-0.05, 0) is 26.2 Å². The molecule has 15 heavy (non-hydrogen) atoms. The summed E-state index contributed by atoms with van der Waals surface area (Å²) >= 11 is 0. The van der Waals surface area contributed by atoms with Crippen molar-refractivity contribution in [2.45, 2.75) is 39.2 Å². The summed E-state index contributed by atoms with van der Waals surface area (Å²) < 4.78 is 5.64. The molecule has 0 saturated carbocycles. The van der Waals surface area contributed by atoms with Crippen molar-refractivity contribution in [3.05, 3.63) is 11.6 Å². The molecule has 3 nitrogen and oxygen atoms in total. The quantitative estimate of drug-likeness (QED) is 0.721. The zero-order chi connectivity index (χ0) is 11.3. The first-order valence-corrected chi connectivity index (χ1v) is 5.71. The summed E-state index contributed by atoms with van der Waals surface area (Å²) in [6.07, 6.45) is 5.66. The first-order chi connectivity index (χ1) is 7.19. The second-order valence-corrected chi connectivity index (χ2v) is 4.05. The summed E-state index contributed by atoms with van der Waals surface area (Å²) in [5.41, 5.74) is 0.792. The summed E-state index contributed by atoms with van der Waals surface area (Å²) in [6.45, 7) is 4.87. The fourth-order valence-corrected chi connectivity index (χ4v) is 2.02. The monoisotopic (exact) mass is 211 g/mol. The molecule has 0 spiro atoms. The van der Waals surface area contributed by atoms with Crippen LogP contribution in [0.2, 0.25) is 0 Å². The molecule has 1 rings (SSSR count). The van der Waals surface area contributed by atoms with Crippen molar-refractivity contribution < 1.29 is 9.53 Å². The molecule has 3 heteroatoms. The van der Waals surface area contributed by atoms with Crippen molar-refractivity contribution in [2.75, 3.05) is 13.7 Å². The maximum absolute atomic E-state index is 11.4. The van der Waals surface area contributed by atoms with Gasteiger partial charge in [-0.3, -0.25) is 4.79 Å². The molecule has 1 aliphatic heterocycles. The van der Waals surface area contributed by atoms with Crippen LogP contribution >= 0.6 is 0 Å². The maximum Gasteiger partial charge on any atom is 0.246 e. The number of nitrogens with one attached hydrogen (secondary N) is 1. The van der Waals surface area contributed by atoms with Crippen LogP contribution in [-0.4, -0.2) is 25.7 Å². The molecule has 1 saturated heterocycles. The Balaban J connectivity index is 2.62. The Labute approximate surface area is 91.9 Å². The van der Waals surface area contributed by atoms with Crippen LogP contribution in [0.15, 0.2) is 11.6 Å². The van der Waals surface area contributed by atoms with Crippen LogP contribution in [0.25, 0.3) is 0 Å². The van der Waals surface area contributed by atoms with E-state index >= 15 is 0 Å². The third kappa shape index (κ3) is 3.34. The minimum absolute atomic E-state index is 0.00597. The molecule has 0 aromatic heterocycles. The average molecular weight is 211 g/mol. The van der Waals surface area contributed by atoms with Crippen LogP contribution in [0, 0.1) is 5.92 Å². The number of carbonyl (C=O) groups excluding carboxylic acids is 1. The van der Waals surface area contributed by atoms with Crippen molar-refractivity contribution in [3.8, 4) is 0 Å². The van der Waals surface area contributed by atoms with Gasteiger partial charge in [0.1, 0.15) is 0 Å². The number of carbonyl (C=O) groups is 1. The van der Waals surface area contributed by atoms with Crippen LogP contribution in [0.5, 0.6) is 0 Å². The third-order valence-corrected chi connectivity index (χ3v) is 2.96. The van der Waals surface area contributed by atoms with Gasteiger partial charge in [-0.2, -0.15) is 0 Å². The van der Waals surface area contributed by atoms with Gasteiger partial charge >= 0.3 is 0 Å². The van der Waals surface area contributed by atoms with E-state index in [0.29, 0.717) is 12.0 Å². The SMILES string of the molecule is CCC(/C=C(\C)C(=O)NC)C1CCCO1. The number of hydrogen-bond donors (Lipinski definition) is 1. The molecule has 1 amide bonds. The van der Waals surface area contributed by atoms with E-state index in [9.17, 15) is 4.79 Å². The van der Waals surface area contributed by atoms with E-state index in [2.05, 4.69) is 18.3 Å². The summed E-state index contributed by atoms with van der Waals surface area (Å²) in [4.78, 5) is 11.4. The molecule has 0 bridgehead atoms. The molecular weight excluding hydrogens is 190 g/mol. The van der Waals surface area contributed by atoms with Gasteiger partial charge in [0.2, 0.25) is 5.91 Å². The van der Waals surface area contributed by atoms with E-state index in [1.165, 1.54) is 0 Å². The van der Waals surface area contributed by atoms with Crippen molar-refractivity contribution in [2.24, 2.45) is 5.92 Å². The molecule has 0 radical (unpaired) electrons. The number of rotatable bonds is 4. The highest BCUT2D eigenvalue weighted by Gasteiger charge is 2.23. The normalized spacial score (nSPS) is 23.9. The summed E-state index contributed by atoms with van der Waals surface area (Å²) in [5, 5.41) is 2.64. The van der Waals surface area contributed by atoms with Crippen LogP contribution in [0.3, 0.4) is 0 Å². The topological polar surface area (TPSA) is 38.3 Å². The predicted molar refractivity (Wildman–Crippen MR) is 60.6 cm³/mol. The first-order valence-electron chi connectivity index (χ1n) is 5.71. The molecule has 2 unspecified atom stereocenters. The Hall–Kier alpha value is -0.830. The second kappa shape index (κ2) is 5.91. The first kappa shape index (κ1) is 12.2. The van der Waals surface area contributed by atoms with E-state index in [4.69, 9.17) is 4.74 Å². The van der Waals surface area contributed by atoms with Crippen molar-refractivity contribution in [1.29, 1.82) is 0 Å². The van der Waals surface area contributed by atoms with Gasteiger partial charge in [0.25, 0.3) is 0 Å². The number of likely N-dealkylation sites (N-methyl/N-ethyl adjacent to an activating group) is 1. The van der Waals surface area contributed by atoms with E-state index in [1.54, 1.807) is 7.05 Å². The van der Waals surface area contributed by atoms with Crippen LogP contribution in [0.1, 0.15) is 33.1 Å². The van der Waals surface area contributed by atoms with Gasteiger partial charge in [-0.15, -0.1) is 0 Å². The highest BCUT2D eigenvalue weighted by molar-refractivity contribution is 5.92. The van der Waals surface area contributed by atoms with Crippen molar-refractivity contribution in [1.82, 2.24) is 5.32 Å². The van der Waals surface area contributed by atoms with Gasteiger partial charge in [0, 0.05) is 25.1 Å². The number of ether oxygens (including phenoxy) is 1. The Bertz CT molecular complexity index is 242. The zero-order valence-corrected chi connectivity index (χ0v) is 9.88. The minimum atomic E-state index is 0.00597. The van der Waals surface area contributed by atoms with Crippen LogP contribution < -0.4 is 5.32 Å². The van der Waals surface area contributed by atoms with E-state index in [1.807, 2.05) is 6.92 Å². The fourth-order valence-electron chi connectivity index (χ4n) is 2.02. The molecule has 0 aromatic carbocycles. The molecule has 1 fully saturated rings. The lowest BCUT2D eigenvalue weighted by molar-refractivity contribution is -0.117. The molecule has 1 heterocycles. The van der Waals surface area contributed by atoms with Crippen molar-refractivity contribution in [3.63, 3.8) is 0 Å². The van der Waals surface area contributed by atoms with Gasteiger partial charge < -0.3 is 10.1 Å². The lowest BCUT2D eigenvalue weighted by Crippen LogP contribution is -2.22. The Kier molecular flexibility index (Phi) is 4.82. The molecular formula is C12H21NO2. The van der Waals surface area contributed by atoms with E-state index in [0.717, 1.165) is 31.4 Å². The highest BCUT2D eigenvalue weighted by Crippen LogP contribution is 2.24. The second-order valence-electron chi connectivity index (χ2n) is 4.05. The molecule has 1 aliphatic rings. The lowest BCUT2D eigenvalue weighted by Gasteiger charge is -2.18. The smallest absolute Gasteiger partial charge is 0.246 e. The van der Waals surface area contributed by atoms with Gasteiger partial charge in [0.05, 0.1) is 6.10 Å². The minimum Gasteiger partial charge on any atom is -0.378 e. The average Bonchev–Trinajstić information content (AvgIpc) is 2.77. The standard InChI is InChI=1S/C12H21NO2/c1-4-10(11-6-5-7-15-11)8-9(2)12(14)13-3/h8,10-11H,4-7H2,1-3H3,(H,13,14)/b9-8+. The van der Waals surface area contributed by atoms with Gasteiger partial charge in [-0.25, -0.2) is 0 Å². The van der Waals surface area contributed by atoms with Crippen LogP contribution in [-0.2, 0) is 9.53 Å². The maximum atomic E-state index is 11.4. The Morgan fingerprint density at radius 1 is 1.67 bits per heavy atom. The lowest BCUT2D eigenvalue weighted by atomic mass is 9.95. The van der Waals surface area contributed by atoms with Crippen molar-refractivity contribution >= 4 is 5.91 Å². The van der Waals surface area contributed by atoms with E-state index < -0.39 is 0 Å². The molecule has 86 valence electrons. The van der Waals surface area contributed by atoms with Crippen LogP contribution in [0.4, 0.5) is 0 Å². The zero-order valence-electron chi connectivity index (χ0n) is 9.88. The Morgan fingerprint density at radius 2 is 2.40 bits per heavy atom. The third-order valence-electron chi connectivity index (χ3n) is 2.96. The summed E-state index contributed by atoms with van der Waals surface area (Å²) in [6, 6.07) is 0.